The summed E-state index contributed by atoms with van der Waals surface area (Å²) in [6, 6.07) is 6.51. The molecule has 0 aromatic heterocycles. The fourth-order valence-electron chi connectivity index (χ4n) is 2.75. The van der Waals surface area contributed by atoms with Crippen LogP contribution >= 0.6 is 0 Å². The Labute approximate surface area is 120 Å². The van der Waals surface area contributed by atoms with Crippen LogP contribution in [0.2, 0.25) is 0 Å². The van der Waals surface area contributed by atoms with E-state index in [1.165, 1.54) is 6.07 Å². The SMILES string of the molecule is CC(C)CN1CCC[C@@H]1C(=O)NCc1ccccc1F. The first-order valence-electron chi connectivity index (χ1n) is 7.33. The van der Waals surface area contributed by atoms with Gasteiger partial charge in [0.15, 0.2) is 0 Å². The molecule has 1 saturated heterocycles. The van der Waals surface area contributed by atoms with Gasteiger partial charge in [0.2, 0.25) is 5.91 Å². The number of hydrogen-bond acceptors (Lipinski definition) is 2. The van der Waals surface area contributed by atoms with E-state index in [0.717, 1.165) is 25.9 Å². The monoisotopic (exact) mass is 278 g/mol. The van der Waals surface area contributed by atoms with Crippen LogP contribution in [0.25, 0.3) is 0 Å². The quantitative estimate of drug-likeness (QED) is 0.898. The minimum Gasteiger partial charge on any atom is -0.351 e. The summed E-state index contributed by atoms with van der Waals surface area (Å²) in [5.41, 5.74) is 0.536. The van der Waals surface area contributed by atoms with Gasteiger partial charge in [0.05, 0.1) is 6.04 Å². The molecule has 0 unspecified atom stereocenters. The Morgan fingerprint density at radius 2 is 2.20 bits per heavy atom. The van der Waals surface area contributed by atoms with Gasteiger partial charge in [-0.15, -0.1) is 0 Å². The first-order chi connectivity index (χ1) is 9.58. The van der Waals surface area contributed by atoms with Crippen LogP contribution in [0.5, 0.6) is 0 Å². The number of hydrogen-bond donors (Lipinski definition) is 1. The van der Waals surface area contributed by atoms with Crippen molar-refractivity contribution in [2.75, 3.05) is 13.1 Å². The Balaban J connectivity index is 1.90. The van der Waals surface area contributed by atoms with Gasteiger partial charge in [-0.05, 0) is 31.4 Å². The van der Waals surface area contributed by atoms with E-state index >= 15 is 0 Å². The number of benzene rings is 1. The molecular weight excluding hydrogens is 255 g/mol. The lowest BCUT2D eigenvalue weighted by atomic mass is 10.1. The third-order valence-corrected chi connectivity index (χ3v) is 3.68. The molecule has 1 aliphatic heterocycles. The van der Waals surface area contributed by atoms with Crippen molar-refractivity contribution >= 4 is 5.91 Å². The summed E-state index contributed by atoms with van der Waals surface area (Å²) in [5, 5.41) is 2.86. The second kappa shape index (κ2) is 6.84. The summed E-state index contributed by atoms with van der Waals surface area (Å²) in [6.07, 6.45) is 1.96. The average molecular weight is 278 g/mol. The lowest BCUT2D eigenvalue weighted by Gasteiger charge is -2.25. The molecule has 1 amide bonds. The largest absolute Gasteiger partial charge is 0.351 e. The van der Waals surface area contributed by atoms with Gasteiger partial charge in [-0.3, -0.25) is 9.69 Å². The van der Waals surface area contributed by atoms with E-state index in [1.54, 1.807) is 18.2 Å². The Kier molecular flexibility index (Phi) is 5.12. The van der Waals surface area contributed by atoms with Crippen molar-refractivity contribution in [3.05, 3.63) is 35.6 Å². The van der Waals surface area contributed by atoms with E-state index < -0.39 is 0 Å². The molecule has 110 valence electrons. The van der Waals surface area contributed by atoms with Crippen LogP contribution in [-0.4, -0.2) is 29.9 Å². The average Bonchev–Trinajstić information content (AvgIpc) is 2.85. The van der Waals surface area contributed by atoms with Gasteiger partial charge in [-0.2, -0.15) is 0 Å². The Hall–Kier alpha value is -1.42. The van der Waals surface area contributed by atoms with Crippen LogP contribution in [0.1, 0.15) is 32.3 Å². The maximum absolute atomic E-state index is 13.5. The third-order valence-electron chi connectivity index (χ3n) is 3.68. The van der Waals surface area contributed by atoms with Crippen molar-refractivity contribution < 1.29 is 9.18 Å². The highest BCUT2D eigenvalue weighted by Crippen LogP contribution is 2.19. The minimum atomic E-state index is -0.266. The van der Waals surface area contributed by atoms with Crippen LogP contribution in [0, 0.1) is 11.7 Å². The predicted octanol–water partition coefficient (Wildman–Crippen LogP) is 2.56. The second-order valence-corrected chi connectivity index (χ2v) is 5.86. The topological polar surface area (TPSA) is 32.3 Å². The molecule has 1 N–H and O–H groups in total. The summed E-state index contributed by atoms with van der Waals surface area (Å²) in [7, 11) is 0. The molecule has 20 heavy (non-hydrogen) atoms. The van der Waals surface area contributed by atoms with E-state index in [1.807, 2.05) is 0 Å². The second-order valence-electron chi connectivity index (χ2n) is 5.86. The minimum absolute atomic E-state index is 0.0198. The van der Waals surface area contributed by atoms with Crippen LogP contribution in [0.15, 0.2) is 24.3 Å². The summed E-state index contributed by atoms with van der Waals surface area (Å²) in [4.78, 5) is 14.5. The Morgan fingerprint density at radius 3 is 2.90 bits per heavy atom. The van der Waals surface area contributed by atoms with Gasteiger partial charge < -0.3 is 5.32 Å². The van der Waals surface area contributed by atoms with E-state index in [4.69, 9.17) is 0 Å². The summed E-state index contributed by atoms with van der Waals surface area (Å²) in [5.74, 6) is 0.305. The highest BCUT2D eigenvalue weighted by molar-refractivity contribution is 5.82. The van der Waals surface area contributed by atoms with Crippen LogP contribution < -0.4 is 5.32 Å². The molecule has 1 aliphatic rings. The Bertz CT molecular complexity index is 462. The fraction of sp³-hybridized carbons (Fsp3) is 0.562. The smallest absolute Gasteiger partial charge is 0.237 e. The highest BCUT2D eigenvalue weighted by Gasteiger charge is 2.30. The van der Waals surface area contributed by atoms with Gasteiger partial charge in [0, 0.05) is 18.7 Å². The number of amides is 1. The molecule has 4 heteroatoms. The van der Waals surface area contributed by atoms with Crippen molar-refractivity contribution in [3.8, 4) is 0 Å². The molecule has 1 fully saturated rings. The van der Waals surface area contributed by atoms with E-state index in [0.29, 0.717) is 11.5 Å². The van der Waals surface area contributed by atoms with E-state index in [9.17, 15) is 9.18 Å². The van der Waals surface area contributed by atoms with Crippen molar-refractivity contribution in [2.45, 2.75) is 39.3 Å². The Morgan fingerprint density at radius 1 is 1.45 bits per heavy atom. The van der Waals surface area contributed by atoms with Gasteiger partial charge in [-0.1, -0.05) is 32.0 Å². The standard InChI is InChI=1S/C16H23FN2O/c1-12(2)11-19-9-5-8-15(19)16(20)18-10-13-6-3-4-7-14(13)17/h3-4,6-7,12,15H,5,8-11H2,1-2H3,(H,18,20)/t15-/m1/s1. The van der Waals surface area contributed by atoms with Crippen LogP contribution in [0.4, 0.5) is 4.39 Å². The maximum Gasteiger partial charge on any atom is 0.237 e. The van der Waals surface area contributed by atoms with E-state index in [2.05, 4.69) is 24.1 Å². The number of carbonyl (C=O) groups is 1. The van der Waals surface area contributed by atoms with Crippen molar-refractivity contribution in [1.29, 1.82) is 0 Å². The normalized spacial score (nSPS) is 19.5. The van der Waals surface area contributed by atoms with E-state index in [-0.39, 0.29) is 24.3 Å². The van der Waals surface area contributed by atoms with Crippen molar-refractivity contribution in [2.24, 2.45) is 5.92 Å². The van der Waals surface area contributed by atoms with Crippen molar-refractivity contribution in [3.63, 3.8) is 0 Å². The molecule has 0 bridgehead atoms. The van der Waals surface area contributed by atoms with Crippen LogP contribution in [0.3, 0.4) is 0 Å². The number of likely N-dealkylation sites (tertiary alicyclic amines) is 1. The fourth-order valence-corrected chi connectivity index (χ4v) is 2.75. The highest BCUT2D eigenvalue weighted by atomic mass is 19.1. The number of rotatable bonds is 5. The molecule has 1 aromatic carbocycles. The molecule has 1 aromatic rings. The molecule has 0 radical (unpaired) electrons. The molecule has 1 atom stereocenters. The lowest BCUT2D eigenvalue weighted by Crippen LogP contribution is -2.44. The molecule has 1 heterocycles. The molecule has 2 rings (SSSR count). The molecule has 0 aliphatic carbocycles. The third kappa shape index (κ3) is 3.79. The number of halogens is 1. The number of nitrogens with zero attached hydrogens (tertiary/aromatic N) is 1. The zero-order valence-electron chi connectivity index (χ0n) is 12.2. The molecule has 0 saturated carbocycles. The summed E-state index contributed by atoms with van der Waals surface area (Å²) >= 11 is 0. The molecule has 0 spiro atoms. The van der Waals surface area contributed by atoms with Crippen molar-refractivity contribution in [1.82, 2.24) is 10.2 Å². The summed E-state index contributed by atoms with van der Waals surface area (Å²) in [6.45, 7) is 6.50. The number of nitrogens with one attached hydrogen (secondary N) is 1. The van der Waals surface area contributed by atoms with Gasteiger partial charge >= 0.3 is 0 Å². The maximum atomic E-state index is 13.5. The van der Waals surface area contributed by atoms with Gasteiger partial charge in [0.25, 0.3) is 0 Å². The first kappa shape index (κ1) is 15.0. The zero-order chi connectivity index (χ0) is 14.5. The first-order valence-corrected chi connectivity index (χ1v) is 7.33. The molecular formula is C16H23FN2O. The zero-order valence-corrected chi connectivity index (χ0v) is 12.2. The molecule has 3 nitrogen and oxygen atoms in total. The number of carbonyl (C=O) groups excluding carboxylic acids is 1. The van der Waals surface area contributed by atoms with Gasteiger partial charge in [0.1, 0.15) is 5.82 Å². The lowest BCUT2D eigenvalue weighted by molar-refractivity contribution is -0.125. The predicted molar refractivity (Wildman–Crippen MR) is 77.7 cm³/mol. The van der Waals surface area contributed by atoms with Gasteiger partial charge in [-0.25, -0.2) is 4.39 Å². The summed E-state index contributed by atoms with van der Waals surface area (Å²) < 4.78 is 13.5. The van der Waals surface area contributed by atoms with Crippen LogP contribution in [-0.2, 0) is 11.3 Å².